The molecule has 9 heteroatoms. The summed E-state index contributed by atoms with van der Waals surface area (Å²) < 4.78 is 67.4. The SMILES string of the molecule is Fc1cncc(Cn2ncc3ncc(-c4ccc(F)c(C(F)(F)F)c4)cc32)c1. The van der Waals surface area contributed by atoms with Gasteiger partial charge in [-0.1, -0.05) is 6.07 Å². The monoisotopic (exact) mass is 390 g/mol. The van der Waals surface area contributed by atoms with Crippen LogP contribution in [0.15, 0.2) is 55.1 Å². The van der Waals surface area contributed by atoms with Crippen LogP contribution in [0.1, 0.15) is 11.1 Å². The molecule has 0 unspecified atom stereocenters. The van der Waals surface area contributed by atoms with Gasteiger partial charge in [0.05, 0.1) is 30.0 Å². The fourth-order valence-electron chi connectivity index (χ4n) is 2.88. The van der Waals surface area contributed by atoms with Gasteiger partial charge in [-0.05, 0) is 35.4 Å². The van der Waals surface area contributed by atoms with E-state index in [1.807, 2.05) is 0 Å². The summed E-state index contributed by atoms with van der Waals surface area (Å²) in [5, 5.41) is 4.19. The molecule has 0 N–H and O–H groups in total. The van der Waals surface area contributed by atoms with Gasteiger partial charge in [-0.2, -0.15) is 18.3 Å². The molecule has 0 spiro atoms. The van der Waals surface area contributed by atoms with Gasteiger partial charge in [0, 0.05) is 18.0 Å². The normalized spacial score (nSPS) is 11.9. The first kappa shape index (κ1) is 18.0. The number of nitrogens with zero attached hydrogens (tertiary/aromatic N) is 4. The first-order valence-electron chi connectivity index (χ1n) is 8.09. The Labute approximate surface area is 155 Å². The zero-order valence-electron chi connectivity index (χ0n) is 14.1. The first-order valence-corrected chi connectivity index (χ1v) is 8.09. The summed E-state index contributed by atoms with van der Waals surface area (Å²) in [6.45, 7) is 0.205. The summed E-state index contributed by atoms with van der Waals surface area (Å²) in [6.07, 6.45) is 0.660. The van der Waals surface area contributed by atoms with Crippen molar-refractivity contribution in [3.63, 3.8) is 0 Å². The second-order valence-corrected chi connectivity index (χ2v) is 6.13. The van der Waals surface area contributed by atoms with Crippen LogP contribution in [0.4, 0.5) is 22.0 Å². The maximum atomic E-state index is 13.5. The molecule has 0 aliphatic carbocycles. The molecule has 0 radical (unpaired) electrons. The number of rotatable bonds is 3. The number of hydrogen-bond donors (Lipinski definition) is 0. The van der Waals surface area contributed by atoms with Crippen molar-refractivity contribution in [2.24, 2.45) is 0 Å². The van der Waals surface area contributed by atoms with Crippen molar-refractivity contribution in [2.75, 3.05) is 0 Å². The third-order valence-corrected chi connectivity index (χ3v) is 4.19. The molecule has 0 aliphatic heterocycles. The van der Waals surface area contributed by atoms with Gasteiger partial charge in [0.1, 0.15) is 17.2 Å². The Kier molecular flexibility index (Phi) is 4.29. The molecule has 0 saturated carbocycles. The molecule has 4 nitrogen and oxygen atoms in total. The molecule has 0 bridgehead atoms. The number of halogens is 5. The lowest BCUT2D eigenvalue weighted by Gasteiger charge is -2.10. The van der Waals surface area contributed by atoms with Gasteiger partial charge in [-0.3, -0.25) is 14.6 Å². The van der Waals surface area contributed by atoms with Crippen molar-refractivity contribution in [3.05, 3.63) is 77.9 Å². The topological polar surface area (TPSA) is 43.6 Å². The second kappa shape index (κ2) is 6.66. The van der Waals surface area contributed by atoms with E-state index in [4.69, 9.17) is 0 Å². The van der Waals surface area contributed by atoms with E-state index in [0.717, 1.165) is 18.3 Å². The van der Waals surface area contributed by atoms with E-state index < -0.39 is 23.4 Å². The van der Waals surface area contributed by atoms with Crippen LogP contribution in [0.2, 0.25) is 0 Å². The van der Waals surface area contributed by atoms with E-state index in [-0.39, 0.29) is 12.1 Å². The number of benzene rings is 1. The third kappa shape index (κ3) is 3.42. The lowest BCUT2D eigenvalue weighted by Crippen LogP contribution is -2.08. The average Bonchev–Trinajstić information content (AvgIpc) is 3.03. The van der Waals surface area contributed by atoms with Gasteiger partial charge < -0.3 is 0 Å². The van der Waals surface area contributed by atoms with Crippen molar-refractivity contribution >= 4 is 11.0 Å². The van der Waals surface area contributed by atoms with Gasteiger partial charge in [-0.25, -0.2) is 8.78 Å². The van der Waals surface area contributed by atoms with Crippen molar-refractivity contribution in [2.45, 2.75) is 12.7 Å². The minimum absolute atomic E-state index is 0.170. The summed E-state index contributed by atoms with van der Waals surface area (Å²) in [6, 6.07) is 5.70. The van der Waals surface area contributed by atoms with Crippen LogP contribution >= 0.6 is 0 Å². The molecular formula is C19H11F5N4. The van der Waals surface area contributed by atoms with Crippen LogP contribution in [0.5, 0.6) is 0 Å². The Morgan fingerprint density at radius 3 is 2.46 bits per heavy atom. The van der Waals surface area contributed by atoms with Crippen molar-refractivity contribution < 1.29 is 22.0 Å². The summed E-state index contributed by atoms with van der Waals surface area (Å²) >= 11 is 0. The molecule has 0 fully saturated rings. The Bertz CT molecular complexity index is 1170. The highest BCUT2D eigenvalue weighted by Gasteiger charge is 2.34. The van der Waals surface area contributed by atoms with Gasteiger partial charge in [0.2, 0.25) is 0 Å². The van der Waals surface area contributed by atoms with Crippen LogP contribution in [0, 0.1) is 11.6 Å². The second-order valence-electron chi connectivity index (χ2n) is 6.13. The lowest BCUT2D eigenvalue weighted by atomic mass is 10.0. The number of pyridine rings is 2. The van der Waals surface area contributed by atoms with Crippen LogP contribution in [0.3, 0.4) is 0 Å². The smallest absolute Gasteiger partial charge is 0.261 e. The van der Waals surface area contributed by atoms with Gasteiger partial charge in [0.15, 0.2) is 0 Å². The van der Waals surface area contributed by atoms with Crippen molar-refractivity contribution in [1.82, 2.24) is 19.7 Å². The molecule has 4 rings (SSSR count). The standard InChI is InChI=1S/C19H11F5N4/c20-14-3-11(6-25-8-14)10-28-18-5-13(7-26-17(18)9-27-28)12-1-2-16(21)15(4-12)19(22,23)24/h1-9H,10H2. The molecule has 28 heavy (non-hydrogen) atoms. The predicted molar refractivity (Wildman–Crippen MR) is 91.2 cm³/mol. The zero-order chi connectivity index (χ0) is 19.9. The van der Waals surface area contributed by atoms with Crippen LogP contribution in [0.25, 0.3) is 22.2 Å². The highest BCUT2D eigenvalue weighted by molar-refractivity contribution is 5.80. The van der Waals surface area contributed by atoms with E-state index in [1.165, 1.54) is 35.4 Å². The molecule has 0 amide bonds. The Hall–Kier alpha value is -3.36. The zero-order valence-corrected chi connectivity index (χ0v) is 14.1. The quantitative estimate of drug-likeness (QED) is 0.470. The molecule has 1 aromatic carbocycles. The summed E-state index contributed by atoms with van der Waals surface area (Å²) in [5.41, 5.74) is 0.826. The van der Waals surface area contributed by atoms with Gasteiger partial charge >= 0.3 is 6.18 Å². The molecule has 142 valence electrons. The molecule has 4 aromatic rings. The highest BCUT2D eigenvalue weighted by atomic mass is 19.4. The van der Waals surface area contributed by atoms with Gasteiger partial charge in [0.25, 0.3) is 0 Å². The number of alkyl halides is 3. The molecular weight excluding hydrogens is 379 g/mol. The van der Waals surface area contributed by atoms with Crippen LogP contribution < -0.4 is 0 Å². The maximum absolute atomic E-state index is 13.5. The first-order chi connectivity index (χ1) is 13.3. The van der Waals surface area contributed by atoms with E-state index in [1.54, 1.807) is 6.07 Å². The molecule has 0 aliphatic rings. The van der Waals surface area contributed by atoms with E-state index in [0.29, 0.717) is 22.2 Å². The summed E-state index contributed by atoms with van der Waals surface area (Å²) in [5.74, 6) is -1.83. The molecule has 3 heterocycles. The van der Waals surface area contributed by atoms with E-state index >= 15 is 0 Å². The largest absolute Gasteiger partial charge is 0.419 e. The van der Waals surface area contributed by atoms with Gasteiger partial charge in [-0.15, -0.1) is 0 Å². The predicted octanol–water partition coefficient (Wildman–Crippen LogP) is 4.84. The minimum atomic E-state index is -4.80. The number of hydrogen-bond acceptors (Lipinski definition) is 3. The van der Waals surface area contributed by atoms with E-state index in [2.05, 4.69) is 15.1 Å². The lowest BCUT2D eigenvalue weighted by molar-refractivity contribution is -0.139. The fourth-order valence-corrected chi connectivity index (χ4v) is 2.88. The van der Waals surface area contributed by atoms with Crippen LogP contribution in [-0.2, 0) is 12.7 Å². The highest BCUT2D eigenvalue weighted by Crippen LogP contribution is 2.34. The molecule has 0 saturated heterocycles. The fraction of sp³-hybridized carbons (Fsp3) is 0.105. The third-order valence-electron chi connectivity index (χ3n) is 4.19. The molecule has 0 atom stereocenters. The average molecular weight is 390 g/mol. The summed E-state index contributed by atoms with van der Waals surface area (Å²) in [7, 11) is 0. The Morgan fingerprint density at radius 1 is 0.893 bits per heavy atom. The minimum Gasteiger partial charge on any atom is -0.261 e. The van der Waals surface area contributed by atoms with E-state index in [9.17, 15) is 22.0 Å². The van der Waals surface area contributed by atoms with Crippen LogP contribution in [-0.4, -0.2) is 19.7 Å². The number of fused-ring (bicyclic) bond motifs is 1. The summed E-state index contributed by atoms with van der Waals surface area (Å²) in [4.78, 5) is 7.98. The molecule has 3 aromatic heterocycles. The maximum Gasteiger partial charge on any atom is 0.419 e. The Balaban J connectivity index is 1.76. The van der Waals surface area contributed by atoms with Crippen molar-refractivity contribution in [3.8, 4) is 11.1 Å². The Morgan fingerprint density at radius 2 is 1.71 bits per heavy atom. The van der Waals surface area contributed by atoms with Crippen molar-refractivity contribution in [1.29, 1.82) is 0 Å². The number of aromatic nitrogens is 4.